The minimum atomic E-state index is -0.739. The lowest BCUT2D eigenvalue weighted by atomic mass is 9.89. The van der Waals surface area contributed by atoms with Crippen molar-refractivity contribution in [3.05, 3.63) is 0 Å². The second kappa shape index (κ2) is 5.80. The molecule has 5 nitrogen and oxygen atoms in total. The average Bonchev–Trinajstić information content (AvgIpc) is 2.81. The van der Waals surface area contributed by atoms with Crippen molar-refractivity contribution in [2.75, 3.05) is 13.1 Å². The number of nitrogens with zero attached hydrogens (tertiary/aromatic N) is 1. The van der Waals surface area contributed by atoms with E-state index in [1.54, 1.807) is 0 Å². The van der Waals surface area contributed by atoms with Gasteiger partial charge in [0, 0.05) is 19.1 Å². The quantitative estimate of drug-likeness (QED) is 0.804. The standard InChI is InChI=1S/C14H24N2O3/c1-9-5-6-16(8-10(9)2)14(19)15-12-4-3-11(7-12)13(17)18/h9-12H,3-8H2,1-2H3,(H,15,19)(H,17,18). The van der Waals surface area contributed by atoms with Gasteiger partial charge in [0.2, 0.25) is 0 Å². The van der Waals surface area contributed by atoms with Crippen molar-refractivity contribution in [1.29, 1.82) is 0 Å². The normalized spacial score (nSPS) is 35.2. The van der Waals surface area contributed by atoms with Gasteiger partial charge in [-0.3, -0.25) is 4.79 Å². The molecule has 19 heavy (non-hydrogen) atoms. The summed E-state index contributed by atoms with van der Waals surface area (Å²) >= 11 is 0. The Bertz CT molecular complexity index is 359. The molecule has 2 aliphatic rings. The van der Waals surface area contributed by atoms with Gasteiger partial charge in [0.15, 0.2) is 0 Å². The van der Waals surface area contributed by atoms with Crippen molar-refractivity contribution in [2.45, 2.75) is 45.6 Å². The number of hydrogen-bond acceptors (Lipinski definition) is 2. The van der Waals surface area contributed by atoms with Gasteiger partial charge >= 0.3 is 12.0 Å². The molecule has 0 radical (unpaired) electrons. The first-order valence-electron chi connectivity index (χ1n) is 7.25. The number of carbonyl (C=O) groups excluding carboxylic acids is 1. The summed E-state index contributed by atoms with van der Waals surface area (Å²) in [5, 5.41) is 11.9. The van der Waals surface area contributed by atoms with E-state index in [-0.39, 0.29) is 18.0 Å². The van der Waals surface area contributed by atoms with Crippen LogP contribution in [0.1, 0.15) is 39.5 Å². The van der Waals surface area contributed by atoms with Gasteiger partial charge in [-0.2, -0.15) is 0 Å². The van der Waals surface area contributed by atoms with Crippen molar-refractivity contribution in [2.24, 2.45) is 17.8 Å². The number of hydrogen-bond donors (Lipinski definition) is 2. The fourth-order valence-corrected chi connectivity index (χ4v) is 3.05. The smallest absolute Gasteiger partial charge is 0.317 e. The highest BCUT2D eigenvalue weighted by Crippen LogP contribution is 2.26. The molecule has 2 N–H and O–H groups in total. The molecule has 0 aromatic carbocycles. The molecule has 0 spiro atoms. The minimum absolute atomic E-state index is 0.0187. The zero-order chi connectivity index (χ0) is 14.0. The van der Waals surface area contributed by atoms with Crippen LogP contribution in [0.5, 0.6) is 0 Å². The lowest BCUT2D eigenvalue weighted by Crippen LogP contribution is -2.49. The number of carbonyl (C=O) groups is 2. The predicted molar refractivity (Wildman–Crippen MR) is 71.8 cm³/mol. The van der Waals surface area contributed by atoms with E-state index in [1.807, 2.05) is 4.90 Å². The largest absolute Gasteiger partial charge is 0.481 e. The first-order valence-corrected chi connectivity index (χ1v) is 7.25. The summed E-state index contributed by atoms with van der Waals surface area (Å²) in [5.41, 5.74) is 0. The maximum Gasteiger partial charge on any atom is 0.317 e. The topological polar surface area (TPSA) is 69.6 Å². The number of rotatable bonds is 2. The third-order valence-corrected chi connectivity index (χ3v) is 4.73. The van der Waals surface area contributed by atoms with E-state index in [4.69, 9.17) is 5.11 Å². The van der Waals surface area contributed by atoms with E-state index < -0.39 is 5.97 Å². The number of amides is 2. The summed E-state index contributed by atoms with van der Waals surface area (Å²) in [7, 11) is 0. The van der Waals surface area contributed by atoms with Crippen LogP contribution in [-0.2, 0) is 4.79 Å². The van der Waals surface area contributed by atoms with Crippen LogP contribution in [0.4, 0.5) is 4.79 Å². The van der Waals surface area contributed by atoms with Crippen LogP contribution in [0.25, 0.3) is 0 Å². The molecular formula is C14H24N2O3. The maximum atomic E-state index is 12.2. The van der Waals surface area contributed by atoms with Gasteiger partial charge in [-0.25, -0.2) is 4.79 Å². The van der Waals surface area contributed by atoms with Gasteiger partial charge in [0.05, 0.1) is 5.92 Å². The maximum absolute atomic E-state index is 12.2. The molecule has 0 aromatic rings. The Balaban J connectivity index is 1.80. The lowest BCUT2D eigenvalue weighted by molar-refractivity contribution is -0.141. The molecule has 4 unspecified atom stereocenters. The van der Waals surface area contributed by atoms with E-state index in [9.17, 15) is 9.59 Å². The van der Waals surface area contributed by atoms with Crippen LogP contribution in [0.2, 0.25) is 0 Å². The van der Waals surface area contributed by atoms with Crippen LogP contribution in [0.3, 0.4) is 0 Å². The Hall–Kier alpha value is -1.26. The van der Waals surface area contributed by atoms with E-state index >= 15 is 0 Å². The third-order valence-electron chi connectivity index (χ3n) is 4.73. The average molecular weight is 268 g/mol. The van der Waals surface area contributed by atoms with Crippen LogP contribution >= 0.6 is 0 Å². The number of nitrogens with one attached hydrogen (secondary N) is 1. The summed E-state index contributed by atoms with van der Waals surface area (Å²) in [6.07, 6.45) is 3.08. The molecule has 1 saturated carbocycles. The zero-order valence-electron chi connectivity index (χ0n) is 11.8. The van der Waals surface area contributed by atoms with Crippen molar-refractivity contribution >= 4 is 12.0 Å². The van der Waals surface area contributed by atoms with Crippen molar-refractivity contribution in [3.8, 4) is 0 Å². The molecular weight excluding hydrogens is 244 g/mol. The monoisotopic (exact) mass is 268 g/mol. The Morgan fingerprint density at radius 2 is 1.89 bits per heavy atom. The number of urea groups is 1. The first-order chi connectivity index (χ1) is 8.97. The highest BCUT2D eigenvalue weighted by molar-refractivity contribution is 5.75. The van der Waals surface area contributed by atoms with Gasteiger partial charge in [0.1, 0.15) is 0 Å². The van der Waals surface area contributed by atoms with E-state index in [0.29, 0.717) is 24.7 Å². The molecule has 2 rings (SSSR count). The number of aliphatic carboxylic acids is 1. The van der Waals surface area contributed by atoms with Gasteiger partial charge in [0.25, 0.3) is 0 Å². The van der Waals surface area contributed by atoms with Crippen LogP contribution in [-0.4, -0.2) is 41.1 Å². The van der Waals surface area contributed by atoms with Crippen molar-refractivity contribution in [3.63, 3.8) is 0 Å². The Morgan fingerprint density at radius 1 is 1.16 bits per heavy atom. The zero-order valence-corrected chi connectivity index (χ0v) is 11.8. The summed E-state index contributed by atoms with van der Waals surface area (Å²) in [4.78, 5) is 24.9. The second-order valence-corrected chi connectivity index (χ2v) is 6.18. The predicted octanol–water partition coefficient (Wildman–Crippen LogP) is 1.93. The van der Waals surface area contributed by atoms with Crippen LogP contribution in [0.15, 0.2) is 0 Å². The van der Waals surface area contributed by atoms with Gasteiger partial charge in [-0.1, -0.05) is 13.8 Å². The summed E-state index contributed by atoms with van der Waals surface area (Å²) in [5.74, 6) is 0.185. The third kappa shape index (κ3) is 3.39. The number of likely N-dealkylation sites (tertiary alicyclic amines) is 1. The van der Waals surface area contributed by atoms with Crippen LogP contribution < -0.4 is 5.32 Å². The molecule has 1 saturated heterocycles. The van der Waals surface area contributed by atoms with E-state index in [2.05, 4.69) is 19.2 Å². The van der Waals surface area contributed by atoms with E-state index in [1.165, 1.54) is 0 Å². The van der Waals surface area contributed by atoms with E-state index in [0.717, 1.165) is 25.9 Å². The lowest BCUT2D eigenvalue weighted by Gasteiger charge is -2.35. The molecule has 1 heterocycles. The molecule has 5 heteroatoms. The Morgan fingerprint density at radius 3 is 2.47 bits per heavy atom. The summed E-state index contributed by atoms with van der Waals surface area (Å²) < 4.78 is 0. The SMILES string of the molecule is CC1CCN(C(=O)NC2CCC(C(=O)O)C2)CC1C. The molecule has 0 aromatic heterocycles. The minimum Gasteiger partial charge on any atom is -0.481 e. The fraction of sp³-hybridized carbons (Fsp3) is 0.857. The van der Waals surface area contributed by atoms with Crippen molar-refractivity contribution in [1.82, 2.24) is 10.2 Å². The highest BCUT2D eigenvalue weighted by Gasteiger charge is 2.32. The molecule has 1 aliphatic carbocycles. The van der Waals surface area contributed by atoms with Crippen LogP contribution in [0, 0.1) is 17.8 Å². The van der Waals surface area contributed by atoms with Gasteiger partial charge in [-0.15, -0.1) is 0 Å². The molecule has 108 valence electrons. The second-order valence-electron chi connectivity index (χ2n) is 6.18. The number of piperidine rings is 1. The number of carboxylic acids is 1. The Labute approximate surface area is 114 Å². The fourth-order valence-electron chi connectivity index (χ4n) is 3.05. The highest BCUT2D eigenvalue weighted by atomic mass is 16.4. The molecule has 2 amide bonds. The molecule has 4 atom stereocenters. The van der Waals surface area contributed by atoms with Gasteiger partial charge < -0.3 is 15.3 Å². The molecule has 1 aliphatic heterocycles. The summed E-state index contributed by atoms with van der Waals surface area (Å²) in [6.45, 7) is 6.03. The molecule has 0 bridgehead atoms. The molecule has 2 fully saturated rings. The number of carboxylic acid groups (broad SMARTS) is 1. The first kappa shape index (κ1) is 14.2. The summed E-state index contributed by atoms with van der Waals surface area (Å²) in [6, 6.07) is 0.0121. The van der Waals surface area contributed by atoms with Crippen molar-refractivity contribution < 1.29 is 14.7 Å². The Kier molecular flexibility index (Phi) is 4.32. The van der Waals surface area contributed by atoms with Gasteiger partial charge in [-0.05, 0) is 37.5 Å².